The van der Waals surface area contributed by atoms with Gasteiger partial charge >= 0.3 is 5.97 Å². The molecule has 0 aromatic heterocycles. The zero-order chi connectivity index (χ0) is 15.0. The van der Waals surface area contributed by atoms with Crippen molar-refractivity contribution < 1.29 is 18.3 Å². The highest BCUT2D eigenvalue weighted by Gasteiger charge is 2.26. The van der Waals surface area contributed by atoms with Gasteiger partial charge < -0.3 is 4.74 Å². The summed E-state index contributed by atoms with van der Waals surface area (Å²) in [6.45, 7) is 3.90. The van der Waals surface area contributed by atoms with Crippen molar-refractivity contribution in [3.05, 3.63) is 48.0 Å². The lowest BCUT2D eigenvalue weighted by Gasteiger charge is -2.18. The van der Waals surface area contributed by atoms with Crippen molar-refractivity contribution >= 4 is 17.2 Å². The van der Waals surface area contributed by atoms with Crippen LogP contribution in [0, 0.1) is 5.41 Å². The predicted octanol–water partition coefficient (Wildman–Crippen LogP) is 2.04. The second-order valence-electron chi connectivity index (χ2n) is 4.78. The molecule has 0 radical (unpaired) electrons. The molecule has 0 bridgehead atoms. The van der Waals surface area contributed by atoms with Gasteiger partial charge in [-0.15, -0.1) is 0 Å². The van der Waals surface area contributed by atoms with Gasteiger partial charge in [-0.25, -0.2) is 8.93 Å². The summed E-state index contributed by atoms with van der Waals surface area (Å²) in [5.74, 6) is -0.345. The minimum absolute atomic E-state index is 0.207. The molecule has 20 heavy (non-hydrogen) atoms. The van der Waals surface area contributed by atoms with Gasteiger partial charge in [0.25, 0.3) is 0 Å². The Bertz CT molecular complexity index is 485. The maximum absolute atomic E-state index is 12.0. The first-order valence-electron chi connectivity index (χ1n) is 6.15. The number of benzene rings is 1. The number of esters is 1. The Balaban J connectivity index is 2.46. The molecule has 0 saturated heterocycles. The Hall–Kier alpha value is -1.50. The van der Waals surface area contributed by atoms with E-state index in [4.69, 9.17) is 9.29 Å². The van der Waals surface area contributed by atoms with Crippen LogP contribution in [0.15, 0.2) is 42.5 Å². The van der Waals surface area contributed by atoms with E-state index in [9.17, 15) is 9.00 Å². The van der Waals surface area contributed by atoms with Crippen molar-refractivity contribution in [1.29, 1.82) is 0 Å². The van der Waals surface area contributed by atoms with Crippen LogP contribution in [0.2, 0.25) is 0 Å². The third kappa shape index (κ3) is 6.10. The van der Waals surface area contributed by atoms with Gasteiger partial charge in [-0.05, 0) is 19.4 Å². The summed E-state index contributed by atoms with van der Waals surface area (Å²) in [4.78, 5) is 12.0. The molecule has 2 N–H and O–H groups in total. The lowest BCUT2D eigenvalue weighted by atomic mass is 9.93. The summed E-state index contributed by atoms with van der Waals surface area (Å²) in [7, 11) is 0. The Labute approximate surface area is 121 Å². The van der Waals surface area contributed by atoms with Crippen LogP contribution in [-0.4, -0.2) is 21.3 Å². The first-order chi connectivity index (χ1) is 9.42. The number of carbonyl (C=O) groups is 1. The normalized spacial score (nSPS) is 13.3. The maximum atomic E-state index is 12.0. The summed E-state index contributed by atoms with van der Waals surface area (Å²) < 4.78 is 26.5. The summed E-state index contributed by atoms with van der Waals surface area (Å²) in [5.41, 5.74) is 0.144. The quantitative estimate of drug-likeness (QED) is 0.459. The van der Waals surface area contributed by atoms with Gasteiger partial charge in [0.05, 0.1) is 5.41 Å². The highest BCUT2D eigenvalue weighted by molar-refractivity contribution is 7.77. The van der Waals surface area contributed by atoms with Crippen LogP contribution in [0.3, 0.4) is 0 Å². The fourth-order valence-corrected chi connectivity index (χ4v) is 1.69. The van der Waals surface area contributed by atoms with Gasteiger partial charge in [-0.3, -0.25) is 9.35 Å². The Morgan fingerprint density at radius 2 is 2.05 bits per heavy atom. The van der Waals surface area contributed by atoms with E-state index in [0.29, 0.717) is 0 Å². The summed E-state index contributed by atoms with van der Waals surface area (Å²) in [5, 5.41) is 0. The molecule has 0 heterocycles. The van der Waals surface area contributed by atoms with Crippen LogP contribution < -0.4 is 4.72 Å². The molecule has 0 aliphatic rings. The molecule has 1 aromatic carbocycles. The zero-order valence-corrected chi connectivity index (χ0v) is 12.4. The molecule has 0 saturated carbocycles. The molecule has 1 unspecified atom stereocenters. The molecule has 110 valence electrons. The average Bonchev–Trinajstić information content (AvgIpc) is 2.42. The van der Waals surface area contributed by atoms with Gasteiger partial charge in [0.2, 0.25) is 11.3 Å². The molecular weight excluding hydrogens is 278 g/mol. The van der Waals surface area contributed by atoms with Crippen molar-refractivity contribution in [3.8, 4) is 0 Å². The van der Waals surface area contributed by atoms with Crippen LogP contribution in [-0.2, 0) is 27.4 Å². The molecule has 6 heteroatoms. The Kier molecular flexibility index (Phi) is 6.57. The molecule has 0 aliphatic carbocycles. The second-order valence-corrected chi connectivity index (χ2v) is 5.57. The van der Waals surface area contributed by atoms with E-state index in [1.165, 1.54) is 0 Å². The maximum Gasteiger partial charge on any atom is 0.315 e. The fourth-order valence-electron chi connectivity index (χ4n) is 1.45. The first kappa shape index (κ1) is 16.6. The van der Waals surface area contributed by atoms with Crippen molar-refractivity contribution in [1.82, 2.24) is 4.72 Å². The molecule has 0 aliphatic heterocycles. The van der Waals surface area contributed by atoms with Crippen molar-refractivity contribution in [3.63, 3.8) is 0 Å². The van der Waals surface area contributed by atoms with Crippen LogP contribution in [0.1, 0.15) is 19.4 Å². The molecule has 0 fully saturated rings. The molecule has 1 rings (SSSR count). The topological polar surface area (TPSA) is 75.6 Å². The van der Waals surface area contributed by atoms with Gasteiger partial charge in [-0.1, -0.05) is 42.5 Å². The standard InChI is InChI=1S/C14H19NO4S/c1-14(2,9-6-10-15-20(17)18)13(16)19-11-12-7-4-3-5-8-12/h3-9,15H,10-11H2,1-2H3,(H,17,18). The van der Waals surface area contributed by atoms with Gasteiger partial charge in [0.15, 0.2) is 0 Å². The fraction of sp³-hybridized carbons (Fsp3) is 0.357. The number of hydrogen-bond donors (Lipinski definition) is 2. The van der Waals surface area contributed by atoms with Gasteiger partial charge in [0.1, 0.15) is 6.61 Å². The predicted molar refractivity (Wildman–Crippen MR) is 77.9 cm³/mol. The van der Waals surface area contributed by atoms with Crippen LogP contribution in [0.5, 0.6) is 0 Å². The third-order valence-corrected chi connectivity index (χ3v) is 3.01. The Morgan fingerprint density at radius 1 is 1.40 bits per heavy atom. The highest BCUT2D eigenvalue weighted by Crippen LogP contribution is 2.20. The minimum Gasteiger partial charge on any atom is -0.460 e. The molecule has 0 spiro atoms. The second kappa shape index (κ2) is 7.94. The van der Waals surface area contributed by atoms with Gasteiger partial charge in [0, 0.05) is 6.54 Å². The number of hydrogen-bond acceptors (Lipinski definition) is 3. The number of carbonyl (C=O) groups excluding carboxylic acids is 1. The Morgan fingerprint density at radius 3 is 2.65 bits per heavy atom. The third-order valence-electron chi connectivity index (χ3n) is 2.60. The number of ether oxygens (including phenoxy) is 1. The molecule has 0 amide bonds. The van der Waals surface area contributed by atoms with E-state index in [-0.39, 0.29) is 19.1 Å². The van der Waals surface area contributed by atoms with E-state index in [0.717, 1.165) is 5.56 Å². The first-order valence-corrected chi connectivity index (χ1v) is 7.26. The smallest absolute Gasteiger partial charge is 0.315 e. The van der Waals surface area contributed by atoms with Crippen molar-refractivity contribution in [2.45, 2.75) is 20.5 Å². The molecule has 5 nitrogen and oxygen atoms in total. The van der Waals surface area contributed by atoms with E-state index >= 15 is 0 Å². The monoisotopic (exact) mass is 297 g/mol. The van der Waals surface area contributed by atoms with Crippen LogP contribution in [0.25, 0.3) is 0 Å². The van der Waals surface area contributed by atoms with Crippen LogP contribution >= 0.6 is 0 Å². The highest BCUT2D eigenvalue weighted by atomic mass is 32.2. The lowest BCUT2D eigenvalue weighted by molar-refractivity contribution is -0.152. The number of nitrogens with one attached hydrogen (secondary N) is 1. The molecular formula is C14H19NO4S. The zero-order valence-electron chi connectivity index (χ0n) is 11.5. The van der Waals surface area contributed by atoms with Crippen LogP contribution in [0.4, 0.5) is 0 Å². The van der Waals surface area contributed by atoms with E-state index in [1.807, 2.05) is 30.3 Å². The van der Waals surface area contributed by atoms with E-state index < -0.39 is 16.7 Å². The van der Waals surface area contributed by atoms with E-state index in [2.05, 4.69) is 4.72 Å². The largest absolute Gasteiger partial charge is 0.460 e. The van der Waals surface area contributed by atoms with Crippen molar-refractivity contribution in [2.75, 3.05) is 6.54 Å². The molecule has 1 atom stereocenters. The number of rotatable bonds is 7. The lowest BCUT2D eigenvalue weighted by Crippen LogP contribution is -2.25. The van der Waals surface area contributed by atoms with Gasteiger partial charge in [-0.2, -0.15) is 0 Å². The van der Waals surface area contributed by atoms with E-state index in [1.54, 1.807) is 26.0 Å². The molecule has 1 aromatic rings. The summed E-state index contributed by atoms with van der Waals surface area (Å²) >= 11 is -2.05. The summed E-state index contributed by atoms with van der Waals surface area (Å²) in [6.07, 6.45) is 3.28. The summed E-state index contributed by atoms with van der Waals surface area (Å²) in [6, 6.07) is 9.44. The average molecular weight is 297 g/mol. The van der Waals surface area contributed by atoms with Crippen molar-refractivity contribution in [2.24, 2.45) is 5.41 Å². The SMILES string of the molecule is CC(C)(C=CCNS(=O)O)C(=O)OCc1ccccc1. The minimum atomic E-state index is -2.05.